The van der Waals surface area contributed by atoms with Crippen molar-refractivity contribution >= 4 is 10.0 Å². The highest BCUT2D eigenvalue weighted by Gasteiger charge is 2.40. The molecular formula is C12H25N3O2S. The van der Waals surface area contributed by atoms with Crippen molar-refractivity contribution in [3.63, 3.8) is 0 Å². The van der Waals surface area contributed by atoms with Crippen LogP contribution in [0, 0.1) is 11.8 Å². The third-order valence-electron chi connectivity index (χ3n) is 4.15. The zero-order chi connectivity index (χ0) is 13.3. The average molecular weight is 275 g/mol. The first kappa shape index (κ1) is 14.2. The lowest BCUT2D eigenvalue weighted by atomic mass is 9.99. The van der Waals surface area contributed by atoms with E-state index >= 15 is 0 Å². The Bertz CT molecular complexity index is 379. The molecule has 1 saturated carbocycles. The first-order valence-electron chi connectivity index (χ1n) is 6.78. The van der Waals surface area contributed by atoms with Gasteiger partial charge in [0.25, 0.3) is 0 Å². The number of likely N-dealkylation sites (tertiary alicyclic amines) is 1. The lowest BCUT2D eigenvalue weighted by Crippen LogP contribution is -2.31. The van der Waals surface area contributed by atoms with Gasteiger partial charge in [-0.15, -0.1) is 0 Å². The third kappa shape index (κ3) is 3.44. The topological polar surface area (TPSA) is 66.6 Å². The highest BCUT2D eigenvalue weighted by Crippen LogP contribution is 2.40. The van der Waals surface area contributed by atoms with Gasteiger partial charge in [-0.2, -0.15) is 0 Å². The quantitative estimate of drug-likeness (QED) is 0.737. The van der Waals surface area contributed by atoms with E-state index in [9.17, 15) is 8.42 Å². The minimum Gasteiger partial charge on any atom is -0.326 e. The van der Waals surface area contributed by atoms with Crippen molar-refractivity contribution in [1.82, 2.24) is 9.21 Å². The van der Waals surface area contributed by atoms with Crippen LogP contribution in [0.2, 0.25) is 0 Å². The lowest BCUT2D eigenvalue weighted by molar-refractivity contribution is 0.317. The van der Waals surface area contributed by atoms with Crippen LogP contribution in [0.15, 0.2) is 0 Å². The lowest BCUT2D eigenvalue weighted by Gasteiger charge is -2.16. The molecule has 106 valence electrons. The van der Waals surface area contributed by atoms with Gasteiger partial charge in [-0.05, 0) is 37.6 Å². The van der Waals surface area contributed by atoms with Crippen molar-refractivity contribution in [2.45, 2.75) is 25.3 Å². The van der Waals surface area contributed by atoms with Crippen molar-refractivity contribution < 1.29 is 8.42 Å². The van der Waals surface area contributed by atoms with E-state index in [1.807, 2.05) is 0 Å². The number of sulfonamides is 1. The van der Waals surface area contributed by atoms with Gasteiger partial charge in [0, 0.05) is 33.2 Å². The molecule has 0 spiro atoms. The average Bonchev–Trinajstić information content (AvgIpc) is 3.03. The van der Waals surface area contributed by atoms with Gasteiger partial charge >= 0.3 is 0 Å². The van der Waals surface area contributed by atoms with Gasteiger partial charge in [-0.3, -0.25) is 0 Å². The van der Waals surface area contributed by atoms with Gasteiger partial charge in [0.15, 0.2) is 0 Å². The molecule has 0 aromatic rings. The SMILES string of the molecule is CN(C)S(=O)(=O)CCCN1C[C@H](C2CC2)[C@@H](N)C1. The van der Waals surface area contributed by atoms with Gasteiger partial charge in [0.2, 0.25) is 10.0 Å². The zero-order valence-corrected chi connectivity index (χ0v) is 12.2. The maximum absolute atomic E-state index is 11.6. The maximum Gasteiger partial charge on any atom is 0.213 e. The van der Waals surface area contributed by atoms with Crippen LogP contribution in [-0.4, -0.2) is 63.1 Å². The molecule has 5 nitrogen and oxygen atoms in total. The largest absolute Gasteiger partial charge is 0.326 e. The van der Waals surface area contributed by atoms with Crippen LogP contribution in [0.3, 0.4) is 0 Å². The first-order chi connectivity index (χ1) is 8.40. The Hall–Kier alpha value is -0.170. The predicted octanol–water partition coefficient (Wildman–Crippen LogP) is -0.0630. The van der Waals surface area contributed by atoms with E-state index in [1.165, 1.54) is 17.1 Å². The molecule has 0 aromatic carbocycles. The van der Waals surface area contributed by atoms with Gasteiger partial charge in [0.1, 0.15) is 0 Å². The van der Waals surface area contributed by atoms with Crippen molar-refractivity contribution in [3.8, 4) is 0 Å². The summed E-state index contributed by atoms with van der Waals surface area (Å²) in [6.07, 6.45) is 3.37. The molecule has 0 amide bonds. The molecule has 1 saturated heterocycles. The van der Waals surface area contributed by atoms with Gasteiger partial charge < -0.3 is 10.6 Å². The third-order valence-corrected chi connectivity index (χ3v) is 6.07. The molecule has 0 bridgehead atoms. The van der Waals surface area contributed by atoms with Crippen LogP contribution < -0.4 is 5.73 Å². The molecule has 2 fully saturated rings. The molecule has 1 aliphatic heterocycles. The Morgan fingerprint density at radius 2 is 1.94 bits per heavy atom. The summed E-state index contributed by atoms with van der Waals surface area (Å²) < 4.78 is 24.6. The Morgan fingerprint density at radius 3 is 2.50 bits per heavy atom. The minimum absolute atomic E-state index is 0.236. The molecule has 18 heavy (non-hydrogen) atoms. The van der Waals surface area contributed by atoms with Crippen molar-refractivity contribution in [2.75, 3.05) is 39.5 Å². The normalized spacial score (nSPS) is 30.2. The highest BCUT2D eigenvalue weighted by molar-refractivity contribution is 7.89. The van der Waals surface area contributed by atoms with E-state index in [2.05, 4.69) is 4.90 Å². The molecule has 2 aliphatic rings. The summed E-state index contributed by atoms with van der Waals surface area (Å²) in [4.78, 5) is 2.33. The fourth-order valence-electron chi connectivity index (χ4n) is 2.80. The summed E-state index contributed by atoms with van der Waals surface area (Å²) in [5, 5.41) is 0. The predicted molar refractivity (Wildman–Crippen MR) is 72.7 cm³/mol. The summed E-state index contributed by atoms with van der Waals surface area (Å²) >= 11 is 0. The van der Waals surface area contributed by atoms with Crippen LogP contribution in [0.5, 0.6) is 0 Å². The second-order valence-electron chi connectivity index (χ2n) is 5.88. The van der Waals surface area contributed by atoms with Crippen LogP contribution in [0.25, 0.3) is 0 Å². The van der Waals surface area contributed by atoms with E-state index < -0.39 is 10.0 Å². The van der Waals surface area contributed by atoms with Crippen LogP contribution >= 0.6 is 0 Å². The van der Waals surface area contributed by atoms with Crippen LogP contribution in [0.4, 0.5) is 0 Å². The highest BCUT2D eigenvalue weighted by atomic mass is 32.2. The Morgan fingerprint density at radius 1 is 1.28 bits per heavy atom. The van der Waals surface area contributed by atoms with Crippen LogP contribution in [0.1, 0.15) is 19.3 Å². The molecular weight excluding hydrogens is 250 g/mol. The minimum atomic E-state index is -3.05. The van der Waals surface area contributed by atoms with E-state index in [1.54, 1.807) is 14.1 Å². The van der Waals surface area contributed by atoms with E-state index in [0.29, 0.717) is 18.4 Å². The summed E-state index contributed by atoms with van der Waals surface area (Å²) in [6.45, 7) is 2.85. The molecule has 0 unspecified atom stereocenters. The van der Waals surface area contributed by atoms with E-state index in [-0.39, 0.29) is 5.75 Å². The zero-order valence-electron chi connectivity index (χ0n) is 11.4. The van der Waals surface area contributed by atoms with E-state index in [4.69, 9.17) is 5.73 Å². The van der Waals surface area contributed by atoms with Gasteiger partial charge in [0.05, 0.1) is 5.75 Å². The Labute approximate surface area is 110 Å². The summed E-state index contributed by atoms with van der Waals surface area (Å²) in [5.41, 5.74) is 6.15. The second-order valence-corrected chi connectivity index (χ2v) is 8.18. The Balaban J connectivity index is 1.72. The van der Waals surface area contributed by atoms with Crippen molar-refractivity contribution in [2.24, 2.45) is 17.6 Å². The molecule has 2 atom stereocenters. The summed E-state index contributed by atoms with van der Waals surface area (Å²) in [5.74, 6) is 1.73. The maximum atomic E-state index is 11.6. The molecule has 0 aromatic heterocycles. The summed E-state index contributed by atoms with van der Waals surface area (Å²) in [7, 11) is 0.130. The molecule has 0 radical (unpaired) electrons. The molecule has 1 aliphatic carbocycles. The molecule has 2 rings (SSSR count). The molecule has 2 N–H and O–H groups in total. The van der Waals surface area contributed by atoms with Crippen molar-refractivity contribution in [3.05, 3.63) is 0 Å². The number of rotatable bonds is 6. The molecule has 6 heteroatoms. The monoisotopic (exact) mass is 275 g/mol. The number of nitrogens with zero attached hydrogens (tertiary/aromatic N) is 2. The van der Waals surface area contributed by atoms with Gasteiger partial charge in [-0.1, -0.05) is 0 Å². The smallest absolute Gasteiger partial charge is 0.213 e. The van der Waals surface area contributed by atoms with Gasteiger partial charge in [-0.25, -0.2) is 12.7 Å². The van der Waals surface area contributed by atoms with E-state index in [0.717, 1.165) is 25.6 Å². The Kier molecular flexibility index (Phi) is 4.31. The summed E-state index contributed by atoms with van der Waals surface area (Å²) in [6, 6.07) is 0.294. The van der Waals surface area contributed by atoms with Crippen LogP contribution in [-0.2, 0) is 10.0 Å². The second kappa shape index (κ2) is 5.45. The first-order valence-corrected chi connectivity index (χ1v) is 8.39. The van der Waals surface area contributed by atoms with Crippen molar-refractivity contribution in [1.29, 1.82) is 0 Å². The number of hydrogen-bond donors (Lipinski definition) is 1. The number of nitrogens with two attached hydrogens (primary N) is 1. The fourth-order valence-corrected chi connectivity index (χ4v) is 3.66. The standard InChI is InChI=1S/C12H25N3O2S/c1-14(2)18(16,17)7-3-6-15-8-11(10-4-5-10)12(13)9-15/h10-12H,3-9,13H2,1-2H3/t11-,12+/m1/s1. The molecule has 1 heterocycles. The fraction of sp³-hybridized carbons (Fsp3) is 1.00. The number of hydrogen-bond acceptors (Lipinski definition) is 4.